The second kappa shape index (κ2) is 8.73. The maximum absolute atomic E-state index is 8.59. The molecule has 0 unspecified atom stereocenters. The minimum absolute atomic E-state index is 0.410. The van der Waals surface area contributed by atoms with E-state index < -0.39 is 0 Å². The Hall–Kier alpha value is -1.25. The van der Waals surface area contributed by atoms with Crippen LogP contribution in [0.25, 0.3) is 0 Å². The van der Waals surface area contributed by atoms with Crippen molar-refractivity contribution < 1.29 is 0 Å². The summed E-state index contributed by atoms with van der Waals surface area (Å²) in [5.41, 5.74) is 2.88. The van der Waals surface area contributed by atoms with Crippen LogP contribution >= 0.6 is 0 Å². The van der Waals surface area contributed by atoms with Crippen molar-refractivity contribution in [3.05, 3.63) is 11.8 Å². The van der Waals surface area contributed by atoms with Crippen molar-refractivity contribution in [1.82, 2.24) is 0 Å². The molecule has 1 aliphatic heterocycles. The molecule has 3 rings (SSSR count). The third-order valence-corrected chi connectivity index (χ3v) is 6.17. The molecule has 24 heavy (non-hydrogen) atoms. The fourth-order valence-corrected chi connectivity index (χ4v) is 4.66. The lowest BCUT2D eigenvalue weighted by Crippen LogP contribution is -2.35. The van der Waals surface area contributed by atoms with Crippen molar-refractivity contribution in [3.8, 4) is 0 Å². The summed E-state index contributed by atoms with van der Waals surface area (Å²) < 4.78 is 0. The standard InChI is InChI=1S/C21H33N3/c22-19-18(16-11-7-3-1-4-8-12-16)15-24-21(20(19)23)17-13-9-5-2-6-10-14-17/h15-17,22-23H,1-14H2. The van der Waals surface area contributed by atoms with E-state index in [-0.39, 0.29) is 0 Å². The first-order valence-electron chi connectivity index (χ1n) is 10.2. The van der Waals surface area contributed by atoms with E-state index in [0.29, 0.717) is 23.3 Å². The molecule has 0 atom stereocenters. The van der Waals surface area contributed by atoms with Gasteiger partial charge in [0.25, 0.3) is 0 Å². The zero-order valence-electron chi connectivity index (χ0n) is 15.1. The minimum Gasteiger partial charge on any atom is -0.298 e. The Morgan fingerprint density at radius 3 is 1.62 bits per heavy atom. The molecule has 0 spiro atoms. The normalized spacial score (nSPS) is 26.0. The first-order chi connectivity index (χ1) is 11.8. The fraction of sp³-hybridized carbons (Fsp3) is 0.762. The predicted molar refractivity (Wildman–Crippen MR) is 103 cm³/mol. The second-order valence-electron chi connectivity index (χ2n) is 7.93. The van der Waals surface area contributed by atoms with Crippen molar-refractivity contribution in [1.29, 1.82) is 10.8 Å². The zero-order chi connectivity index (χ0) is 16.8. The summed E-state index contributed by atoms with van der Waals surface area (Å²) in [5.74, 6) is 0.870. The summed E-state index contributed by atoms with van der Waals surface area (Å²) >= 11 is 0. The molecule has 2 N–H and O–H groups in total. The number of nitrogens with zero attached hydrogens (tertiary/aromatic N) is 1. The number of aliphatic imine (C=N–C) groups is 1. The Balaban J connectivity index is 1.75. The largest absolute Gasteiger partial charge is 0.298 e. The number of rotatable bonds is 2. The summed E-state index contributed by atoms with van der Waals surface area (Å²) in [6.07, 6.45) is 19.7. The Labute approximate surface area is 147 Å². The SMILES string of the molecule is N=C1C(=N)C(C2CCCCCCC2)=NC=C1C1CCCCCCC1. The van der Waals surface area contributed by atoms with Crippen LogP contribution in [0, 0.1) is 22.7 Å². The lowest BCUT2D eigenvalue weighted by Gasteiger charge is -2.28. The highest BCUT2D eigenvalue weighted by molar-refractivity contribution is 6.71. The third-order valence-electron chi connectivity index (χ3n) is 6.17. The van der Waals surface area contributed by atoms with Gasteiger partial charge in [0.15, 0.2) is 0 Å². The van der Waals surface area contributed by atoms with Gasteiger partial charge in [0.2, 0.25) is 0 Å². The van der Waals surface area contributed by atoms with E-state index in [2.05, 4.69) is 0 Å². The molecule has 2 aliphatic carbocycles. The highest BCUT2D eigenvalue weighted by atomic mass is 14.8. The molecule has 0 aromatic rings. The molecule has 1 heterocycles. The van der Waals surface area contributed by atoms with Gasteiger partial charge in [-0.05, 0) is 31.6 Å². The summed E-state index contributed by atoms with van der Waals surface area (Å²) in [6, 6.07) is 0. The van der Waals surface area contributed by atoms with Gasteiger partial charge in [0, 0.05) is 17.7 Å². The van der Waals surface area contributed by atoms with Crippen LogP contribution in [0.3, 0.4) is 0 Å². The van der Waals surface area contributed by atoms with Gasteiger partial charge in [-0.3, -0.25) is 15.8 Å². The Kier molecular flexibility index (Phi) is 6.39. The van der Waals surface area contributed by atoms with Gasteiger partial charge in [-0.25, -0.2) is 0 Å². The molecule has 2 saturated carbocycles. The quantitative estimate of drug-likeness (QED) is 0.617. The molecular weight excluding hydrogens is 294 g/mol. The first kappa shape index (κ1) is 17.6. The summed E-state index contributed by atoms with van der Waals surface area (Å²) in [6.45, 7) is 0. The number of allylic oxidation sites excluding steroid dienone is 1. The lowest BCUT2D eigenvalue weighted by molar-refractivity contribution is 0.427. The van der Waals surface area contributed by atoms with Crippen LogP contribution in [0.1, 0.15) is 89.9 Å². The average molecular weight is 328 g/mol. The molecule has 0 bridgehead atoms. The molecule has 0 aromatic heterocycles. The molecular formula is C21H33N3. The highest BCUT2D eigenvalue weighted by Gasteiger charge is 2.30. The molecule has 132 valence electrons. The van der Waals surface area contributed by atoms with E-state index in [1.165, 1.54) is 77.0 Å². The van der Waals surface area contributed by atoms with Gasteiger partial charge in [0.1, 0.15) is 5.71 Å². The molecule has 2 fully saturated rings. The monoisotopic (exact) mass is 327 g/mol. The van der Waals surface area contributed by atoms with Gasteiger partial charge < -0.3 is 0 Å². The third kappa shape index (κ3) is 4.23. The van der Waals surface area contributed by atoms with E-state index in [9.17, 15) is 0 Å². The second-order valence-corrected chi connectivity index (χ2v) is 7.93. The Morgan fingerprint density at radius 2 is 1.08 bits per heavy atom. The van der Waals surface area contributed by atoms with Crippen molar-refractivity contribution in [2.45, 2.75) is 89.9 Å². The molecule has 0 aromatic carbocycles. The Bertz CT molecular complexity index is 465. The van der Waals surface area contributed by atoms with Gasteiger partial charge >= 0.3 is 0 Å². The number of hydrogen-bond donors (Lipinski definition) is 2. The zero-order valence-corrected chi connectivity index (χ0v) is 15.1. The van der Waals surface area contributed by atoms with Crippen molar-refractivity contribution in [2.24, 2.45) is 16.8 Å². The first-order valence-corrected chi connectivity index (χ1v) is 10.2. The fourth-order valence-electron chi connectivity index (χ4n) is 4.66. The maximum Gasteiger partial charge on any atom is 0.101 e. The van der Waals surface area contributed by atoms with E-state index in [4.69, 9.17) is 15.8 Å². The van der Waals surface area contributed by atoms with Crippen molar-refractivity contribution >= 4 is 17.1 Å². The summed E-state index contributed by atoms with van der Waals surface area (Å²) in [4.78, 5) is 4.76. The van der Waals surface area contributed by atoms with E-state index in [1.807, 2.05) is 6.20 Å². The van der Waals surface area contributed by atoms with Crippen LogP contribution in [0.2, 0.25) is 0 Å². The molecule has 3 heteroatoms. The summed E-state index contributed by atoms with van der Waals surface area (Å²) in [7, 11) is 0. The van der Waals surface area contributed by atoms with Gasteiger partial charge in [0.05, 0.1) is 11.4 Å². The van der Waals surface area contributed by atoms with E-state index >= 15 is 0 Å². The van der Waals surface area contributed by atoms with Crippen LogP contribution in [0.15, 0.2) is 16.8 Å². The molecule has 3 nitrogen and oxygen atoms in total. The van der Waals surface area contributed by atoms with Gasteiger partial charge in [-0.2, -0.15) is 0 Å². The smallest absolute Gasteiger partial charge is 0.101 e. The average Bonchev–Trinajstić information content (AvgIpc) is 2.51. The lowest BCUT2D eigenvalue weighted by atomic mass is 9.79. The van der Waals surface area contributed by atoms with Crippen LogP contribution in [0.5, 0.6) is 0 Å². The van der Waals surface area contributed by atoms with Crippen LogP contribution in [-0.4, -0.2) is 17.1 Å². The van der Waals surface area contributed by atoms with E-state index in [1.54, 1.807) is 0 Å². The van der Waals surface area contributed by atoms with Crippen LogP contribution < -0.4 is 0 Å². The van der Waals surface area contributed by atoms with Gasteiger partial charge in [-0.15, -0.1) is 0 Å². The van der Waals surface area contributed by atoms with Crippen LogP contribution in [-0.2, 0) is 0 Å². The predicted octanol–water partition coefficient (Wildman–Crippen LogP) is 6.09. The van der Waals surface area contributed by atoms with Crippen molar-refractivity contribution in [2.75, 3.05) is 0 Å². The maximum atomic E-state index is 8.59. The summed E-state index contributed by atoms with van der Waals surface area (Å²) in [5, 5.41) is 17.2. The topological polar surface area (TPSA) is 60.1 Å². The molecule has 0 saturated heterocycles. The highest BCUT2D eigenvalue weighted by Crippen LogP contribution is 2.32. The molecule has 0 amide bonds. The molecule has 3 aliphatic rings. The number of nitrogens with one attached hydrogen (secondary N) is 2. The molecule has 0 radical (unpaired) electrons. The Morgan fingerprint density at radius 1 is 0.625 bits per heavy atom. The minimum atomic E-state index is 0.410. The van der Waals surface area contributed by atoms with Crippen LogP contribution in [0.4, 0.5) is 0 Å². The van der Waals surface area contributed by atoms with Gasteiger partial charge in [-0.1, -0.05) is 64.2 Å². The van der Waals surface area contributed by atoms with E-state index in [0.717, 1.165) is 24.1 Å². The number of hydrogen-bond acceptors (Lipinski definition) is 3. The van der Waals surface area contributed by atoms with Crippen molar-refractivity contribution in [3.63, 3.8) is 0 Å².